The number of hydrogen-bond donors (Lipinski definition) is 1. The molecule has 3 rings (SSSR count). The third-order valence-corrected chi connectivity index (χ3v) is 5.36. The second-order valence-electron chi connectivity index (χ2n) is 6.24. The fourth-order valence-electron chi connectivity index (χ4n) is 2.93. The topological polar surface area (TPSA) is 40.5 Å². The molecule has 0 aliphatic heterocycles. The maximum absolute atomic E-state index is 14.1. The number of rotatable bonds is 5. The van der Waals surface area contributed by atoms with Crippen molar-refractivity contribution in [3.8, 4) is 0 Å². The summed E-state index contributed by atoms with van der Waals surface area (Å²) in [5.74, 6) is 0.667. The van der Waals surface area contributed by atoms with Gasteiger partial charge in [0.2, 0.25) is 0 Å². The minimum atomic E-state index is -0.234. The van der Waals surface area contributed by atoms with E-state index in [9.17, 15) is 4.39 Å². The molecule has 1 aromatic heterocycles. The van der Waals surface area contributed by atoms with Crippen LogP contribution in [0.4, 0.5) is 4.39 Å². The molecular weight excluding hydrogens is 359 g/mol. The van der Waals surface area contributed by atoms with Crippen molar-refractivity contribution in [2.24, 2.45) is 4.99 Å². The van der Waals surface area contributed by atoms with E-state index >= 15 is 0 Å². The number of nitrogens with zero attached hydrogens (tertiary/aromatic N) is 3. The molecule has 1 N–H and O–H groups in total. The summed E-state index contributed by atoms with van der Waals surface area (Å²) in [6.07, 6.45) is 0.854. The Bertz CT molecular complexity index is 756. The number of aryl methyl sites for hydroxylation is 1. The SMILES string of the molecule is CCN=C(NC1CC1c1c(F)cccc1Cl)N(C)Cc1csc(C)n1. The second-order valence-corrected chi connectivity index (χ2v) is 7.71. The lowest BCUT2D eigenvalue weighted by atomic mass is 10.1. The Kier molecular flexibility index (Phi) is 5.59. The number of guanidine groups is 1. The van der Waals surface area contributed by atoms with Gasteiger partial charge in [-0.2, -0.15) is 0 Å². The van der Waals surface area contributed by atoms with Gasteiger partial charge >= 0.3 is 0 Å². The molecule has 7 heteroatoms. The smallest absolute Gasteiger partial charge is 0.194 e. The number of aliphatic imine (C=N–C) groups is 1. The third-order valence-electron chi connectivity index (χ3n) is 4.21. The van der Waals surface area contributed by atoms with Crippen LogP contribution in [0.3, 0.4) is 0 Å². The van der Waals surface area contributed by atoms with E-state index < -0.39 is 0 Å². The first-order valence-electron chi connectivity index (χ1n) is 8.36. The van der Waals surface area contributed by atoms with Crippen LogP contribution in [-0.4, -0.2) is 35.5 Å². The lowest BCUT2D eigenvalue weighted by molar-refractivity contribution is 0.468. The van der Waals surface area contributed by atoms with E-state index in [-0.39, 0.29) is 17.8 Å². The van der Waals surface area contributed by atoms with Crippen molar-refractivity contribution in [3.63, 3.8) is 0 Å². The van der Waals surface area contributed by atoms with Gasteiger partial charge in [0.25, 0.3) is 0 Å². The molecular formula is C18H22ClFN4S. The van der Waals surface area contributed by atoms with Crippen molar-refractivity contribution in [3.05, 3.63) is 50.7 Å². The van der Waals surface area contributed by atoms with Crippen molar-refractivity contribution >= 4 is 28.9 Å². The fraction of sp³-hybridized carbons (Fsp3) is 0.444. The Morgan fingerprint density at radius 2 is 2.32 bits per heavy atom. The van der Waals surface area contributed by atoms with Crippen molar-refractivity contribution in [2.75, 3.05) is 13.6 Å². The van der Waals surface area contributed by atoms with Crippen molar-refractivity contribution in [1.29, 1.82) is 0 Å². The van der Waals surface area contributed by atoms with Gasteiger partial charge < -0.3 is 10.2 Å². The van der Waals surface area contributed by atoms with E-state index in [0.29, 0.717) is 23.7 Å². The highest BCUT2D eigenvalue weighted by Crippen LogP contribution is 2.44. The molecule has 25 heavy (non-hydrogen) atoms. The van der Waals surface area contributed by atoms with Gasteiger partial charge in [-0.1, -0.05) is 17.7 Å². The molecule has 2 aromatic rings. The number of halogens is 2. The first-order chi connectivity index (χ1) is 12.0. The minimum Gasteiger partial charge on any atom is -0.353 e. The summed E-state index contributed by atoms with van der Waals surface area (Å²) >= 11 is 7.83. The second kappa shape index (κ2) is 7.70. The quantitative estimate of drug-likeness (QED) is 0.624. The molecule has 2 atom stereocenters. The van der Waals surface area contributed by atoms with E-state index in [0.717, 1.165) is 23.1 Å². The summed E-state index contributed by atoms with van der Waals surface area (Å²) in [4.78, 5) is 11.1. The molecule has 2 unspecified atom stereocenters. The van der Waals surface area contributed by atoms with Crippen LogP contribution in [0.1, 0.15) is 35.5 Å². The lowest BCUT2D eigenvalue weighted by Gasteiger charge is -2.22. The minimum absolute atomic E-state index is 0.0886. The van der Waals surface area contributed by atoms with Gasteiger partial charge in [-0.15, -0.1) is 11.3 Å². The first kappa shape index (κ1) is 18.1. The van der Waals surface area contributed by atoms with Gasteiger partial charge in [-0.05, 0) is 32.4 Å². The molecule has 4 nitrogen and oxygen atoms in total. The molecule has 1 aliphatic rings. The highest BCUT2D eigenvalue weighted by Gasteiger charge is 2.42. The van der Waals surface area contributed by atoms with Gasteiger partial charge in [-0.3, -0.25) is 4.99 Å². The predicted octanol–water partition coefficient (Wildman–Crippen LogP) is 4.20. The van der Waals surface area contributed by atoms with Crippen LogP contribution in [0.5, 0.6) is 0 Å². The fourth-order valence-corrected chi connectivity index (χ4v) is 3.84. The average Bonchev–Trinajstić information content (AvgIpc) is 3.18. The zero-order valence-electron chi connectivity index (χ0n) is 14.6. The largest absolute Gasteiger partial charge is 0.353 e. The van der Waals surface area contributed by atoms with Gasteiger partial charge in [-0.25, -0.2) is 9.37 Å². The van der Waals surface area contributed by atoms with E-state index in [4.69, 9.17) is 11.6 Å². The molecule has 1 saturated carbocycles. The molecule has 1 aromatic carbocycles. The van der Waals surface area contributed by atoms with Gasteiger partial charge in [0, 0.05) is 41.5 Å². The maximum Gasteiger partial charge on any atom is 0.194 e. The number of benzene rings is 1. The van der Waals surface area contributed by atoms with Gasteiger partial charge in [0.1, 0.15) is 5.82 Å². The van der Waals surface area contributed by atoms with E-state index in [1.54, 1.807) is 23.5 Å². The van der Waals surface area contributed by atoms with Crippen LogP contribution < -0.4 is 5.32 Å². The van der Waals surface area contributed by atoms with Crippen molar-refractivity contribution in [1.82, 2.24) is 15.2 Å². The molecule has 0 saturated heterocycles. The Hall–Kier alpha value is -1.66. The average molecular weight is 381 g/mol. The van der Waals surface area contributed by atoms with Gasteiger partial charge in [0.15, 0.2) is 5.96 Å². The summed E-state index contributed by atoms with van der Waals surface area (Å²) < 4.78 is 14.1. The van der Waals surface area contributed by atoms with Gasteiger partial charge in [0.05, 0.1) is 17.2 Å². The van der Waals surface area contributed by atoms with Crippen molar-refractivity contribution < 1.29 is 4.39 Å². The Labute approximate surface area is 156 Å². The summed E-state index contributed by atoms with van der Waals surface area (Å²) in [5.41, 5.74) is 1.63. The number of aromatic nitrogens is 1. The Balaban J connectivity index is 1.66. The van der Waals surface area contributed by atoms with Crippen LogP contribution in [0.25, 0.3) is 0 Å². The predicted molar refractivity (Wildman–Crippen MR) is 102 cm³/mol. The Morgan fingerprint density at radius 1 is 1.52 bits per heavy atom. The lowest BCUT2D eigenvalue weighted by Crippen LogP contribution is -2.40. The molecule has 134 valence electrons. The summed E-state index contributed by atoms with van der Waals surface area (Å²) in [5, 5.41) is 7.06. The normalized spacial score (nSPS) is 19.8. The number of nitrogens with one attached hydrogen (secondary N) is 1. The Morgan fingerprint density at radius 3 is 2.96 bits per heavy atom. The molecule has 0 amide bonds. The summed E-state index contributed by atoms with van der Waals surface area (Å²) in [6.45, 7) is 5.37. The highest BCUT2D eigenvalue weighted by molar-refractivity contribution is 7.09. The van der Waals surface area contributed by atoms with Crippen LogP contribution >= 0.6 is 22.9 Å². The molecule has 0 spiro atoms. The maximum atomic E-state index is 14.1. The molecule has 0 radical (unpaired) electrons. The summed E-state index contributed by atoms with van der Waals surface area (Å²) in [6, 6.07) is 5.00. The van der Waals surface area contributed by atoms with Crippen LogP contribution in [0.2, 0.25) is 5.02 Å². The zero-order chi connectivity index (χ0) is 18.0. The van der Waals surface area contributed by atoms with E-state index in [1.165, 1.54) is 6.07 Å². The molecule has 1 heterocycles. The highest BCUT2D eigenvalue weighted by atomic mass is 35.5. The third kappa shape index (κ3) is 4.30. The summed E-state index contributed by atoms with van der Waals surface area (Å²) in [7, 11) is 1.99. The molecule has 0 bridgehead atoms. The first-order valence-corrected chi connectivity index (χ1v) is 9.62. The standard InChI is InChI=1S/C18H22ClFN4S/c1-4-21-18(24(3)9-12-10-25-11(2)22-12)23-16-8-13(16)17-14(19)6-5-7-15(17)20/h5-7,10,13,16H,4,8-9H2,1-3H3,(H,21,23). The van der Waals surface area contributed by atoms with E-state index in [1.807, 2.05) is 20.9 Å². The van der Waals surface area contributed by atoms with Crippen LogP contribution in [0, 0.1) is 12.7 Å². The molecule has 1 aliphatic carbocycles. The monoisotopic (exact) mass is 380 g/mol. The number of thiazole rings is 1. The zero-order valence-corrected chi connectivity index (χ0v) is 16.2. The van der Waals surface area contributed by atoms with E-state index in [2.05, 4.69) is 25.6 Å². The number of hydrogen-bond acceptors (Lipinski definition) is 3. The van der Waals surface area contributed by atoms with Crippen molar-refractivity contribution in [2.45, 2.75) is 38.8 Å². The molecule has 1 fully saturated rings. The van der Waals surface area contributed by atoms with Crippen LogP contribution in [0.15, 0.2) is 28.6 Å². The van der Waals surface area contributed by atoms with Crippen LogP contribution in [-0.2, 0) is 6.54 Å².